The van der Waals surface area contributed by atoms with Gasteiger partial charge >= 0.3 is 23.9 Å². The maximum atomic E-state index is 12.7. The van der Waals surface area contributed by atoms with Gasteiger partial charge in [0.25, 0.3) is 5.91 Å². The van der Waals surface area contributed by atoms with Crippen LogP contribution in [-0.4, -0.2) is 59.3 Å². The Balaban J connectivity index is 2.46. The maximum absolute atomic E-state index is 12.7. The Labute approximate surface area is 197 Å². The summed E-state index contributed by atoms with van der Waals surface area (Å²) < 4.78 is 9.27. The van der Waals surface area contributed by atoms with E-state index in [2.05, 4.69) is 25.0 Å². The zero-order chi connectivity index (χ0) is 26.3. The summed E-state index contributed by atoms with van der Waals surface area (Å²) in [5.41, 5.74) is -1.96. The molecular weight excluding hydrogens is 466 g/mol. The summed E-state index contributed by atoms with van der Waals surface area (Å²) in [7, 11) is 2.26. The van der Waals surface area contributed by atoms with Crippen molar-refractivity contribution in [1.29, 1.82) is 0 Å². The molecule has 4 N–H and O–H groups in total. The first-order valence-electron chi connectivity index (χ1n) is 9.53. The van der Waals surface area contributed by atoms with E-state index in [0.717, 1.165) is 45.4 Å². The molecule has 0 spiro atoms. The van der Waals surface area contributed by atoms with Crippen LogP contribution in [0.5, 0.6) is 0 Å². The molecule has 13 nitrogen and oxygen atoms in total. The number of carboxylic acids is 2. The Morgan fingerprint density at radius 2 is 1.37 bits per heavy atom. The molecule has 0 aliphatic carbocycles. The van der Waals surface area contributed by atoms with Crippen LogP contribution in [0.2, 0.25) is 0 Å². The molecule has 0 atom stereocenters. The lowest BCUT2D eigenvalue weighted by molar-refractivity contribution is -0.113. The third-order valence-electron chi connectivity index (χ3n) is 4.32. The molecule has 182 valence electrons. The lowest BCUT2D eigenvalue weighted by atomic mass is 10.1. The van der Waals surface area contributed by atoms with Crippen LogP contribution in [0.25, 0.3) is 0 Å². The third-order valence-corrected chi connectivity index (χ3v) is 4.32. The third kappa shape index (κ3) is 6.47. The SMILES string of the molecule is COC(=O)c1ccc(C(=O)OC)c(N=N/C(C(=O)Nc2cc(C(=O)O)cc(C(=O)O)c2)=C(\C)O)c1. The van der Waals surface area contributed by atoms with Gasteiger partial charge in [-0.25, -0.2) is 19.2 Å². The standard InChI is InChI=1S/C22H19N3O10/c1-10(26)17(18(27)23-14-7-12(19(28)29)6-13(8-14)20(30)31)25-24-16-9-11(21(32)34-2)4-5-15(16)22(33)35-3/h4-9,26H,1-3H3,(H,23,27)(H,28,29)(H,30,31)/b17-10+,25-24?. The molecule has 0 saturated heterocycles. The van der Waals surface area contributed by atoms with Crippen molar-refractivity contribution in [2.75, 3.05) is 19.5 Å². The van der Waals surface area contributed by atoms with Crippen LogP contribution >= 0.6 is 0 Å². The number of amides is 1. The van der Waals surface area contributed by atoms with Gasteiger partial charge in [-0.1, -0.05) is 0 Å². The van der Waals surface area contributed by atoms with E-state index in [1.807, 2.05) is 0 Å². The Hall–Kier alpha value is -5.07. The molecule has 1 amide bonds. The van der Waals surface area contributed by atoms with E-state index in [9.17, 15) is 29.1 Å². The van der Waals surface area contributed by atoms with Gasteiger partial charge in [0.1, 0.15) is 11.4 Å². The number of esters is 2. The first kappa shape index (κ1) is 26.2. The molecule has 0 fully saturated rings. The predicted octanol–water partition coefficient (Wildman–Crippen LogP) is 3.17. The number of rotatable bonds is 8. The van der Waals surface area contributed by atoms with Gasteiger partial charge in [0.2, 0.25) is 0 Å². The smallest absolute Gasteiger partial charge is 0.340 e. The number of aromatic carboxylic acids is 2. The molecule has 2 aromatic carbocycles. The molecule has 0 aliphatic rings. The van der Waals surface area contributed by atoms with Crippen LogP contribution in [0.1, 0.15) is 48.4 Å². The monoisotopic (exact) mass is 485 g/mol. The second-order valence-corrected chi connectivity index (χ2v) is 6.71. The second-order valence-electron chi connectivity index (χ2n) is 6.71. The molecule has 0 saturated carbocycles. The fourth-order valence-corrected chi connectivity index (χ4v) is 2.66. The maximum Gasteiger partial charge on any atom is 0.340 e. The predicted molar refractivity (Wildman–Crippen MR) is 118 cm³/mol. The molecular formula is C22H19N3O10. The van der Waals surface area contributed by atoms with Gasteiger partial charge in [0, 0.05) is 5.69 Å². The number of methoxy groups -OCH3 is 2. The number of benzene rings is 2. The van der Waals surface area contributed by atoms with Crippen molar-refractivity contribution in [3.63, 3.8) is 0 Å². The largest absolute Gasteiger partial charge is 0.510 e. The van der Waals surface area contributed by atoms with Crippen LogP contribution in [-0.2, 0) is 14.3 Å². The molecule has 0 aliphatic heterocycles. The van der Waals surface area contributed by atoms with Crippen molar-refractivity contribution in [1.82, 2.24) is 0 Å². The second kappa shape index (κ2) is 11.2. The zero-order valence-electron chi connectivity index (χ0n) is 18.6. The fourth-order valence-electron chi connectivity index (χ4n) is 2.66. The molecule has 13 heteroatoms. The number of ether oxygens (including phenoxy) is 2. The number of hydrogen-bond donors (Lipinski definition) is 4. The molecule has 0 unspecified atom stereocenters. The van der Waals surface area contributed by atoms with Gasteiger partial charge in [-0.15, -0.1) is 10.2 Å². The lowest BCUT2D eigenvalue weighted by Gasteiger charge is -2.09. The quantitative estimate of drug-likeness (QED) is 0.186. The number of carboxylic acid groups (broad SMARTS) is 2. The first-order chi connectivity index (χ1) is 16.5. The van der Waals surface area contributed by atoms with Crippen molar-refractivity contribution in [2.24, 2.45) is 10.2 Å². The van der Waals surface area contributed by atoms with Gasteiger partial charge in [-0.05, 0) is 43.3 Å². The van der Waals surface area contributed by atoms with Crippen LogP contribution in [0, 0.1) is 0 Å². The Morgan fingerprint density at radius 3 is 1.86 bits per heavy atom. The Bertz CT molecular complexity index is 1240. The first-order valence-corrected chi connectivity index (χ1v) is 9.53. The topological polar surface area (TPSA) is 201 Å². The van der Waals surface area contributed by atoms with Gasteiger partial charge in [0.15, 0.2) is 5.70 Å². The lowest BCUT2D eigenvalue weighted by Crippen LogP contribution is -2.16. The van der Waals surface area contributed by atoms with Gasteiger partial charge in [-0.2, -0.15) is 0 Å². The van der Waals surface area contributed by atoms with Crippen molar-refractivity contribution < 1.29 is 48.8 Å². The molecule has 0 bridgehead atoms. The summed E-state index contributed by atoms with van der Waals surface area (Å²) in [6.07, 6.45) is 0. The highest BCUT2D eigenvalue weighted by Crippen LogP contribution is 2.25. The number of carbonyl (C=O) groups is 5. The van der Waals surface area contributed by atoms with Crippen LogP contribution in [0.15, 0.2) is 58.1 Å². The van der Waals surface area contributed by atoms with Crippen LogP contribution < -0.4 is 5.32 Å². The molecule has 35 heavy (non-hydrogen) atoms. The summed E-state index contributed by atoms with van der Waals surface area (Å²) in [5.74, 6) is -6.11. The van der Waals surface area contributed by atoms with Crippen molar-refractivity contribution in [2.45, 2.75) is 6.92 Å². The number of hydrogen-bond acceptors (Lipinski definition) is 10. The van der Waals surface area contributed by atoms with Crippen LogP contribution in [0.4, 0.5) is 11.4 Å². The Kier molecular flexibility index (Phi) is 8.36. The summed E-state index contributed by atoms with van der Waals surface area (Å²) in [6, 6.07) is 6.57. The zero-order valence-corrected chi connectivity index (χ0v) is 18.6. The molecule has 0 heterocycles. The Morgan fingerprint density at radius 1 is 0.800 bits per heavy atom. The van der Waals surface area contributed by atoms with Gasteiger partial charge in [0.05, 0.1) is 36.5 Å². The highest BCUT2D eigenvalue weighted by Gasteiger charge is 2.19. The fraction of sp³-hybridized carbons (Fsp3) is 0.136. The highest BCUT2D eigenvalue weighted by molar-refractivity contribution is 6.05. The number of carbonyl (C=O) groups excluding carboxylic acids is 3. The molecule has 2 aromatic rings. The molecule has 0 radical (unpaired) electrons. The minimum Gasteiger partial charge on any atom is -0.510 e. The van der Waals surface area contributed by atoms with Crippen molar-refractivity contribution in [3.8, 4) is 0 Å². The number of nitrogens with zero attached hydrogens (tertiary/aromatic N) is 2. The minimum absolute atomic E-state index is 0.0106. The summed E-state index contributed by atoms with van der Waals surface area (Å²) in [6.45, 7) is 1.11. The van der Waals surface area contributed by atoms with E-state index in [0.29, 0.717) is 0 Å². The average Bonchev–Trinajstić information content (AvgIpc) is 2.82. The van der Waals surface area contributed by atoms with E-state index in [-0.39, 0.29) is 22.5 Å². The molecule has 0 aromatic heterocycles. The van der Waals surface area contributed by atoms with E-state index in [4.69, 9.17) is 10.2 Å². The number of anilines is 1. The average molecular weight is 485 g/mol. The van der Waals surface area contributed by atoms with E-state index >= 15 is 0 Å². The van der Waals surface area contributed by atoms with E-state index in [1.165, 1.54) is 12.1 Å². The summed E-state index contributed by atoms with van der Waals surface area (Å²) in [5, 5.41) is 37.9. The number of aliphatic hydroxyl groups is 1. The van der Waals surface area contributed by atoms with Crippen molar-refractivity contribution in [3.05, 3.63) is 70.1 Å². The number of nitrogens with one attached hydrogen (secondary N) is 1. The number of allylic oxidation sites excluding steroid dienone is 1. The van der Waals surface area contributed by atoms with Gasteiger partial charge in [-0.3, -0.25) is 4.79 Å². The molecule has 2 rings (SSSR count). The van der Waals surface area contributed by atoms with E-state index < -0.39 is 52.4 Å². The number of aliphatic hydroxyl groups excluding tert-OH is 1. The number of azo groups is 1. The minimum atomic E-state index is -1.43. The van der Waals surface area contributed by atoms with Gasteiger partial charge < -0.3 is 30.1 Å². The van der Waals surface area contributed by atoms with Crippen molar-refractivity contribution >= 4 is 41.2 Å². The van der Waals surface area contributed by atoms with Crippen LogP contribution in [0.3, 0.4) is 0 Å². The summed E-state index contributed by atoms with van der Waals surface area (Å²) >= 11 is 0. The summed E-state index contributed by atoms with van der Waals surface area (Å²) in [4.78, 5) is 59.1. The highest BCUT2D eigenvalue weighted by atomic mass is 16.5. The normalized spacial score (nSPS) is 11.4. The van der Waals surface area contributed by atoms with E-state index in [1.54, 1.807) is 0 Å².